The summed E-state index contributed by atoms with van der Waals surface area (Å²) in [7, 11) is 0. The van der Waals surface area contributed by atoms with Gasteiger partial charge in [0.05, 0.1) is 51.5 Å². The minimum absolute atomic E-state index is 0.0417. The summed E-state index contributed by atoms with van der Waals surface area (Å²) in [5, 5.41) is 33.5. The second kappa shape index (κ2) is 25.8. The zero-order chi connectivity index (χ0) is 22.2. The fourth-order valence-electron chi connectivity index (χ4n) is 2.15. The van der Waals surface area contributed by atoms with Crippen LogP contribution in [0.25, 0.3) is 0 Å². The molecule has 0 bridgehead atoms. The molecule has 0 spiro atoms. The number of aliphatic hydroxyl groups is 2. The number of carboxylic acids is 2. The Morgan fingerprint density at radius 3 is 1.14 bits per heavy atom. The third kappa shape index (κ3) is 24.8. The van der Waals surface area contributed by atoms with E-state index in [9.17, 15) is 9.59 Å². The van der Waals surface area contributed by atoms with E-state index in [1.807, 2.05) is 27.7 Å². The number of rotatable bonds is 15. The zero-order valence-electron chi connectivity index (χ0n) is 18.1. The van der Waals surface area contributed by atoms with Crippen LogP contribution in [0.5, 0.6) is 0 Å². The third-order valence-corrected chi connectivity index (χ3v) is 3.80. The number of aliphatic hydroxyl groups excluding tert-OH is 2. The summed E-state index contributed by atoms with van der Waals surface area (Å²) in [4.78, 5) is 20.6. The molecule has 8 nitrogen and oxygen atoms in total. The van der Waals surface area contributed by atoms with Crippen molar-refractivity contribution < 1.29 is 39.5 Å². The van der Waals surface area contributed by atoms with Crippen LogP contribution in [0.1, 0.15) is 66.2 Å². The lowest BCUT2D eigenvalue weighted by atomic mass is 10.0. The quantitative estimate of drug-likeness (QED) is 0.303. The molecule has 4 N–H and O–H groups in total. The van der Waals surface area contributed by atoms with E-state index in [1.165, 1.54) is 0 Å². The van der Waals surface area contributed by atoms with E-state index in [-0.39, 0.29) is 25.0 Å². The van der Waals surface area contributed by atoms with Gasteiger partial charge in [0, 0.05) is 0 Å². The molecule has 2 atom stereocenters. The van der Waals surface area contributed by atoms with Crippen LogP contribution in [-0.2, 0) is 19.1 Å². The highest BCUT2D eigenvalue weighted by Crippen LogP contribution is 2.10. The number of hydrogen-bond donors (Lipinski definition) is 4. The van der Waals surface area contributed by atoms with E-state index in [0.717, 1.165) is 38.5 Å². The second-order valence-electron chi connectivity index (χ2n) is 6.14. The normalized spacial score (nSPS) is 12.1. The predicted octanol–water partition coefficient (Wildman–Crippen LogP) is 2.80. The molecule has 0 amide bonds. The van der Waals surface area contributed by atoms with Crippen LogP contribution in [0.4, 0.5) is 0 Å². The Kier molecular flexibility index (Phi) is 29.0. The summed E-state index contributed by atoms with van der Waals surface area (Å²) in [6.07, 6.45) is 5.06. The molecule has 0 aromatic heterocycles. The van der Waals surface area contributed by atoms with Gasteiger partial charge in [0.15, 0.2) is 0 Å². The lowest BCUT2D eigenvalue weighted by Crippen LogP contribution is -2.11. The van der Waals surface area contributed by atoms with Crippen LogP contribution in [0, 0.1) is 11.8 Å². The Balaban J connectivity index is -0.000000336. The first kappa shape index (κ1) is 31.5. The van der Waals surface area contributed by atoms with Gasteiger partial charge in [-0.2, -0.15) is 0 Å². The number of carboxylic acid groups (broad SMARTS) is 2. The molecule has 2 unspecified atom stereocenters. The Morgan fingerprint density at radius 1 is 0.679 bits per heavy atom. The molecule has 28 heavy (non-hydrogen) atoms. The zero-order valence-corrected chi connectivity index (χ0v) is 18.1. The van der Waals surface area contributed by atoms with Gasteiger partial charge in [0.25, 0.3) is 0 Å². The summed E-state index contributed by atoms with van der Waals surface area (Å²) >= 11 is 0. The molecule has 0 saturated heterocycles. The molecule has 0 heterocycles. The van der Waals surface area contributed by atoms with E-state index < -0.39 is 11.9 Å². The minimum Gasteiger partial charge on any atom is -0.481 e. The molecule has 0 aliphatic rings. The molecule has 0 saturated carbocycles. The van der Waals surface area contributed by atoms with Gasteiger partial charge >= 0.3 is 11.9 Å². The minimum atomic E-state index is -0.653. The molecular formula is C20H42O8. The van der Waals surface area contributed by atoms with Crippen molar-refractivity contribution in [2.45, 2.75) is 66.2 Å². The maximum absolute atomic E-state index is 10.3. The van der Waals surface area contributed by atoms with Crippen molar-refractivity contribution in [2.75, 3.05) is 39.6 Å². The van der Waals surface area contributed by atoms with Crippen molar-refractivity contribution in [3.05, 3.63) is 0 Å². The SMILES string of the molecule is CCCC(CC)C(=O)O.CCCC(CC)C(=O)O.OCCOCCOCCO. The molecule has 0 rings (SSSR count). The molecule has 0 aromatic carbocycles. The van der Waals surface area contributed by atoms with Crippen molar-refractivity contribution in [2.24, 2.45) is 11.8 Å². The summed E-state index contributed by atoms with van der Waals surface area (Å²) in [6.45, 7) is 9.56. The van der Waals surface area contributed by atoms with Gasteiger partial charge in [-0.1, -0.05) is 40.5 Å². The van der Waals surface area contributed by atoms with Crippen molar-refractivity contribution in [1.29, 1.82) is 0 Å². The first-order valence-electron chi connectivity index (χ1n) is 10.2. The van der Waals surface area contributed by atoms with Crippen LogP contribution < -0.4 is 0 Å². The first-order chi connectivity index (χ1) is 13.4. The fraction of sp³-hybridized carbons (Fsp3) is 0.900. The van der Waals surface area contributed by atoms with Crippen LogP contribution in [0.2, 0.25) is 0 Å². The standard InChI is InChI=1S/2C7H14O2.C6H14O4/c2*1-3-5-6(4-2)7(8)9;7-1-3-9-5-6-10-4-2-8/h2*6H,3-5H2,1-2H3,(H,8,9);7-8H,1-6H2. The van der Waals surface area contributed by atoms with Gasteiger partial charge in [-0.3, -0.25) is 9.59 Å². The molecule has 0 fully saturated rings. The molecular weight excluding hydrogens is 368 g/mol. The third-order valence-electron chi connectivity index (χ3n) is 3.80. The molecule has 170 valence electrons. The molecule has 0 radical (unpaired) electrons. The van der Waals surface area contributed by atoms with E-state index in [1.54, 1.807) is 0 Å². The average molecular weight is 411 g/mol. The van der Waals surface area contributed by atoms with Gasteiger partial charge in [-0.15, -0.1) is 0 Å². The Labute approximate surface area is 169 Å². The highest BCUT2D eigenvalue weighted by Gasteiger charge is 2.12. The fourth-order valence-corrected chi connectivity index (χ4v) is 2.15. The predicted molar refractivity (Wildman–Crippen MR) is 108 cm³/mol. The van der Waals surface area contributed by atoms with Crippen LogP contribution in [-0.4, -0.2) is 72.0 Å². The first-order valence-corrected chi connectivity index (χ1v) is 10.2. The highest BCUT2D eigenvalue weighted by atomic mass is 16.5. The molecule has 8 heteroatoms. The van der Waals surface area contributed by atoms with Gasteiger partial charge in [-0.05, 0) is 25.7 Å². The number of ether oxygens (including phenoxy) is 2. The van der Waals surface area contributed by atoms with E-state index in [2.05, 4.69) is 0 Å². The van der Waals surface area contributed by atoms with Crippen LogP contribution >= 0.6 is 0 Å². The van der Waals surface area contributed by atoms with Crippen molar-refractivity contribution in [3.8, 4) is 0 Å². The maximum Gasteiger partial charge on any atom is 0.306 e. The largest absolute Gasteiger partial charge is 0.481 e. The Morgan fingerprint density at radius 2 is 1.00 bits per heavy atom. The Hall–Kier alpha value is -1.22. The van der Waals surface area contributed by atoms with E-state index in [0.29, 0.717) is 26.4 Å². The van der Waals surface area contributed by atoms with Gasteiger partial charge in [-0.25, -0.2) is 0 Å². The monoisotopic (exact) mass is 410 g/mol. The van der Waals surface area contributed by atoms with E-state index >= 15 is 0 Å². The second-order valence-corrected chi connectivity index (χ2v) is 6.14. The van der Waals surface area contributed by atoms with Crippen molar-refractivity contribution in [3.63, 3.8) is 0 Å². The highest BCUT2D eigenvalue weighted by molar-refractivity contribution is 5.70. The van der Waals surface area contributed by atoms with Gasteiger partial charge in [0.2, 0.25) is 0 Å². The van der Waals surface area contributed by atoms with Crippen molar-refractivity contribution >= 4 is 11.9 Å². The van der Waals surface area contributed by atoms with Crippen LogP contribution in [0.15, 0.2) is 0 Å². The lowest BCUT2D eigenvalue weighted by Gasteiger charge is -2.05. The van der Waals surface area contributed by atoms with E-state index in [4.69, 9.17) is 29.9 Å². The van der Waals surface area contributed by atoms with Gasteiger partial charge < -0.3 is 29.9 Å². The molecule has 0 aliphatic carbocycles. The maximum atomic E-state index is 10.3. The summed E-state index contributed by atoms with van der Waals surface area (Å²) in [5.74, 6) is -1.54. The Bertz CT molecular complexity index is 304. The van der Waals surface area contributed by atoms with Gasteiger partial charge in [0.1, 0.15) is 0 Å². The number of carbonyl (C=O) groups is 2. The molecule has 0 aliphatic heterocycles. The summed E-state index contributed by atoms with van der Waals surface area (Å²) in [6, 6.07) is 0. The molecule has 0 aromatic rings. The number of hydrogen-bond acceptors (Lipinski definition) is 6. The summed E-state index contributed by atoms with van der Waals surface area (Å²) < 4.78 is 9.75. The average Bonchev–Trinajstić information content (AvgIpc) is 2.67. The topological polar surface area (TPSA) is 134 Å². The number of aliphatic carboxylic acids is 2. The smallest absolute Gasteiger partial charge is 0.306 e. The van der Waals surface area contributed by atoms with Crippen LogP contribution in [0.3, 0.4) is 0 Å². The lowest BCUT2D eigenvalue weighted by molar-refractivity contribution is -0.143. The van der Waals surface area contributed by atoms with Crippen molar-refractivity contribution in [1.82, 2.24) is 0 Å². The summed E-state index contributed by atoms with van der Waals surface area (Å²) in [5.41, 5.74) is 0.